The Kier molecular flexibility index (Phi) is 7.44. The van der Waals surface area contributed by atoms with Gasteiger partial charge in [0.15, 0.2) is 6.04 Å². The molecule has 2 aromatic rings. The van der Waals surface area contributed by atoms with Crippen LogP contribution in [0.5, 0.6) is 0 Å². The third-order valence-electron chi connectivity index (χ3n) is 3.33. The Bertz CT molecular complexity index is 777. The van der Waals surface area contributed by atoms with Gasteiger partial charge in [-0.2, -0.15) is 0 Å². The van der Waals surface area contributed by atoms with Gasteiger partial charge in [0.25, 0.3) is 5.91 Å². The zero-order valence-electron chi connectivity index (χ0n) is 13.8. The first-order chi connectivity index (χ1) is 12.5. The highest BCUT2D eigenvalue weighted by atomic mass is 35.5. The van der Waals surface area contributed by atoms with E-state index in [1.54, 1.807) is 48.5 Å². The van der Waals surface area contributed by atoms with Crippen molar-refractivity contribution in [3.63, 3.8) is 0 Å². The zero-order chi connectivity index (χ0) is 18.9. The number of amides is 1. The van der Waals surface area contributed by atoms with E-state index in [9.17, 15) is 9.59 Å². The van der Waals surface area contributed by atoms with Gasteiger partial charge in [-0.1, -0.05) is 52.6 Å². The minimum atomic E-state index is -1.10. The van der Waals surface area contributed by atoms with Gasteiger partial charge >= 0.3 is 5.97 Å². The summed E-state index contributed by atoms with van der Waals surface area (Å²) in [7, 11) is 1.21. The van der Waals surface area contributed by atoms with Crippen LogP contribution >= 0.6 is 23.2 Å². The van der Waals surface area contributed by atoms with Crippen molar-refractivity contribution in [1.82, 2.24) is 5.32 Å². The maximum Gasteiger partial charge on any atom is 0.334 e. The van der Waals surface area contributed by atoms with E-state index in [1.165, 1.54) is 7.11 Å². The van der Waals surface area contributed by atoms with Crippen molar-refractivity contribution in [3.05, 3.63) is 69.7 Å². The van der Waals surface area contributed by atoms with Gasteiger partial charge in [0.2, 0.25) is 0 Å². The largest absolute Gasteiger partial charge is 0.467 e. The molecule has 1 atom stereocenters. The lowest BCUT2D eigenvalue weighted by molar-refractivity contribution is -0.140. The topological polar surface area (TPSA) is 77.0 Å². The van der Waals surface area contributed by atoms with Crippen molar-refractivity contribution in [2.24, 2.45) is 5.16 Å². The number of oxime groups is 1. The molecule has 0 aliphatic rings. The molecule has 0 heterocycles. The van der Waals surface area contributed by atoms with Crippen molar-refractivity contribution < 1.29 is 19.2 Å². The van der Waals surface area contributed by atoms with E-state index in [-0.39, 0.29) is 6.61 Å². The number of rotatable bonds is 7. The molecule has 2 aromatic carbocycles. The maximum absolute atomic E-state index is 12.2. The average molecular weight is 395 g/mol. The van der Waals surface area contributed by atoms with E-state index in [2.05, 4.69) is 15.2 Å². The molecule has 0 saturated carbocycles. The molecule has 1 unspecified atom stereocenters. The van der Waals surface area contributed by atoms with Gasteiger partial charge in [-0.3, -0.25) is 4.79 Å². The monoisotopic (exact) mass is 394 g/mol. The second-order valence-electron chi connectivity index (χ2n) is 5.07. The first-order valence-corrected chi connectivity index (χ1v) is 8.30. The van der Waals surface area contributed by atoms with Crippen LogP contribution in [0.25, 0.3) is 0 Å². The van der Waals surface area contributed by atoms with Crippen LogP contribution in [0, 0.1) is 0 Å². The average Bonchev–Trinajstić information content (AvgIpc) is 2.66. The van der Waals surface area contributed by atoms with E-state index >= 15 is 0 Å². The molecule has 1 amide bonds. The fourth-order valence-electron chi connectivity index (χ4n) is 1.97. The van der Waals surface area contributed by atoms with Crippen LogP contribution < -0.4 is 5.32 Å². The summed E-state index contributed by atoms with van der Waals surface area (Å²) < 4.78 is 4.66. The summed E-state index contributed by atoms with van der Waals surface area (Å²) in [5.74, 6) is -1.13. The lowest BCUT2D eigenvalue weighted by Gasteiger charge is -2.12. The second-order valence-corrected chi connectivity index (χ2v) is 5.88. The van der Waals surface area contributed by atoms with Crippen molar-refractivity contribution in [1.29, 1.82) is 0 Å². The SMILES string of the molecule is COC(=O)C(/C=N/OCc1c(Cl)cccc1Cl)NC(=O)c1ccccc1. The number of ether oxygens (including phenoxy) is 1. The van der Waals surface area contributed by atoms with Gasteiger partial charge in [0.05, 0.1) is 13.3 Å². The minimum Gasteiger partial charge on any atom is -0.467 e. The molecular weight excluding hydrogens is 379 g/mol. The highest BCUT2D eigenvalue weighted by Crippen LogP contribution is 2.24. The Morgan fingerprint density at radius 3 is 2.38 bits per heavy atom. The molecule has 0 aliphatic carbocycles. The summed E-state index contributed by atoms with van der Waals surface area (Å²) in [6.07, 6.45) is 1.14. The molecule has 0 radical (unpaired) electrons. The summed E-state index contributed by atoms with van der Waals surface area (Å²) in [4.78, 5) is 29.1. The fourth-order valence-corrected chi connectivity index (χ4v) is 2.48. The highest BCUT2D eigenvalue weighted by molar-refractivity contribution is 6.35. The smallest absolute Gasteiger partial charge is 0.334 e. The normalized spacial score (nSPS) is 11.8. The summed E-state index contributed by atoms with van der Waals surface area (Å²) >= 11 is 12.1. The van der Waals surface area contributed by atoms with E-state index in [0.29, 0.717) is 21.2 Å². The molecule has 8 heteroatoms. The molecule has 0 saturated heterocycles. The molecule has 26 heavy (non-hydrogen) atoms. The quantitative estimate of drug-likeness (QED) is 0.443. The predicted molar refractivity (Wildman–Crippen MR) is 99.5 cm³/mol. The molecule has 1 N–H and O–H groups in total. The first kappa shape index (κ1) is 19.8. The van der Waals surface area contributed by atoms with Gasteiger partial charge in [-0.05, 0) is 24.3 Å². The summed E-state index contributed by atoms with van der Waals surface area (Å²) in [6.45, 7) is 0.00946. The Morgan fingerprint density at radius 2 is 1.77 bits per heavy atom. The predicted octanol–water partition coefficient (Wildman–Crippen LogP) is 3.47. The number of nitrogens with zero attached hydrogens (tertiary/aromatic N) is 1. The standard InChI is InChI=1S/C18H16Cl2N2O4/c1-25-18(24)16(22-17(23)12-6-3-2-4-7-12)10-21-26-11-13-14(19)8-5-9-15(13)20/h2-10,16H,11H2,1H3,(H,22,23)/b21-10+. The molecule has 0 spiro atoms. The van der Waals surface area contributed by atoms with E-state index < -0.39 is 17.9 Å². The number of halogens is 2. The number of hydrogen-bond donors (Lipinski definition) is 1. The fraction of sp³-hybridized carbons (Fsp3) is 0.167. The van der Waals surface area contributed by atoms with Gasteiger partial charge in [-0.15, -0.1) is 0 Å². The van der Waals surface area contributed by atoms with E-state index in [0.717, 1.165) is 6.21 Å². The maximum atomic E-state index is 12.2. The van der Waals surface area contributed by atoms with Crippen LogP contribution in [0.1, 0.15) is 15.9 Å². The molecule has 0 fully saturated rings. The second kappa shape index (κ2) is 9.79. The van der Waals surface area contributed by atoms with Crippen LogP contribution in [0.2, 0.25) is 10.0 Å². The number of carbonyl (C=O) groups excluding carboxylic acids is 2. The summed E-state index contributed by atoms with van der Waals surface area (Å²) in [6, 6.07) is 12.4. The Balaban J connectivity index is 2.00. The van der Waals surface area contributed by atoms with Crippen molar-refractivity contribution in [2.75, 3.05) is 7.11 Å². The Morgan fingerprint density at radius 1 is 1.12 bits per heavy atom. The third-order valence-corrected chi connectivity index (χ3v) is 4.04. The molecule has 6 nitrogen and oxygen atoms in total. The number of nitrogens with one attached hydrogen (secondary N) is 1. The molecule has 136 valence electrons. The number of esters is 1. The summed E-state index contributed by atoms with van der Waals surface area (Å²) in [5, 5.41) is 7.10. The molecule has 0 aliphatic heterocycles. The molecule has 0 bridgehead atoms. The van der Waals surface area contributed by atoms with E-state index in [4.69, 9.17) is 28.0 Å². The van der Waals surface area contributed by atoms with Gasteiger partial charge < -0.3 is 14.9 Å². The zero-order valence-corrected chi connectivity index (χ0v) is 15.3. The van der Waals surface area contributed by atoms with Gasteiger partial charge in [-0.25, -0.2) is 4.79 Å². The van der Waals surface area contributed by atoms with Crippen LogP contribution in [-0.4, -0.2) is 31.2 Å². The van der Waals surface area contributed by atoms with Crippen molar-refractivity contribution in [2.45, 2.75) is 12.6 Å². The molecule has 0 aromatic heterocycles. The number of hydrogen-bond acceptors (Lipinski definition) is 5. The van der Waals surface area contributed by atoms with Crippen LogP contribution in [-0.2, 0) is 21.0 Å². The number of methoxy groups -OCH3 is 1. The molecular formula is C18H16Cl2N2O4. The highest BCUT2D eigenvalue weighted by Gasteiger charge is 2.20. The van der Waals surface area contributed by atoms with Crippen LogP contribution in [0.4, 0.5) is 0 Å². The number of carbonyl (C=O) groups is 2. The minimum absolute atomic E-state index is 0.00946. The number of benzene rings is 2. The third kappa shape index (κ3) is 5.47. The van der Waals surface area contributed by atoms with Crippen LogP contribution in [0.15, 0.2) is 53.7 Å². The van der Waals surface area contributed by atoms with Crippen molar-refractivity contribution in [3.8, 4) is 0 Å². The summed E-state index contributed by atoms with van der Waals surface area (Å²) in [5.41, 5.74) is 0.967. The van der Waals surface area contributed by atoms with Gasteiger partial charge in [0.1, 0.15) is 6.61 Å². The Labute approximate surface area is 160 Å². The van der Waals surface area contributed by atoms with Gasteiger partial charge in [0, 0.05) is 21.2 Å². The first-order valence-electron chi connectivity index (χ1n) is 7.55. The van der Waals surface area contributed by atoms with Crippen molar-refractivity contribution >= 4 is 41.3 Å². The van der Waals surface area contributed by atoms with E-state index in [1.807, 2.05) is 0 Å². The molecule has 2 rings (SSSR count). The Hall–Kier alpha value is -2.57. The lowest BCUT2D eigenvalue weighted by atomic mass is 10.2. The lowest BCUT2D eigenvalue weighted by Crippen LogP contribution is -2.42. The van der Waals surface area contributed by atoms with Crippen LogP contribution in [0.3, 0.4) is 0 Å².